The molecule has 0 aromatic heterocycles. The van der Waals surface area contributed by atoms with Gasteiger partial charge in [-0.25, -0.2) is 4.39 Å². The molecule has 2 aromatic rings. The highest BCUT2D eigenvalue weighted by Gasteiger charge is 2.22. The first-order valence-corrected chi connectivity index (χ1v) is 10.7. The molecule has 31 heavy (non-hydrogen) atoms. The van der Waals surface area contributed by atoms with Crippen molar-refractivity contribution >= 4 is 5.96 Å². The van der Waals surface area contributed by atoms with Gasteiger partial charge >= 0.3 is 0 Å². The first-order chi connectivity index (χ1) is 15.1. The molecule has 2 aromatic carbocycles. The molecule has 0 spiro atoms. The van der Waals surface area contributed by atoms with E-state index >= 15 is 0 Å². The molecule has 1 atom stereocenters. The lowest BCUT2D eigenvalue weighted by Gasteiger charge is -2.35. The van der Waals surface area contributed by atoms with Gasteiger partial charge in [-0.15, -0.1) is 0 Å². The summed E-state index contributed by atoms with van der Waals surface area (Å²) in [6, 6.07) is 14.9. The molecule has 2 N–H and O–H groups in total. The van der Waals surface area contributed by atoms with Gasteiger partial charge in [0.15, 0.2) is 5.96 Å². The zero-order chi connectivity index (χ0) is 22.1. The number of ether oxygens (including phenoxy) is 1. The third kappa shape index (κ3) is 6.19. The van der Waals surface area contributed by atoms with Gasteiger partial charge in [0.1, 0.15) is 11.6 Å². The molecular formula is C24H30FN5O. The van der Waals surface area contributed by atoms with Gasteiger partial charge in [0.25, 0.3) is 0 Å². The van der Waals surface area contributed by atoms with Gasteiger partial charge in [-0.1, -0.05) is 24.6 Å². The van der Waals surface area contributed by atoms with E-state index in [-0.39, 0.29) is 12.6 Å². The summed E-state index contributed by atoms with van der Waals surface area (Å²) in [5, 5.41) is 15.5. The van der Waals surface area contributed by atoms with Crippen LogP contribution in [0, 0.1) is 17.1 Å². The molecule has 6 nitrogen and oxygen atoms in total. The number of hydrogen-bond acceptors (Lipinski definition) is 4. The van der Waals surface area contributed by atoms with Crippen molar-refractivity contribution in [1.82, 2.24) is 15.5 Å². The van der Waals surface area contributed by atoms with Gasteiger partial charge in [-0.3, -0.25) is 9.89 Å². The number of nitriles is 1. The van der Waals surface area contributed by atoms with Crippen LogP contribution in [-0.4, -0.2) is 44.7 Å². The fraction of sp³-hybridized carbons (Fsp3) is 0.417. The van der Waals surface area contributed by atoms with Gasteiger partial charge in [0, 0.05) is 25.7 Å². The van der Waals surface area contributed by atoms with Crippen molar-refractivity contribution in [3.05, 3.63) is 65.0 Å². The van der Waals surface area contributed by atoms with Gasteiger partial charge in [-0.05, 0) is 55.8 Å². The third-order valence-corrected chi connectivity index (χ3v) is 5.65. The second-order valence-electron chi connectivity index (χ2n) is 7.61. The van der Waals surface area contributed by atoms with Crippen LogP contribution in [0.1, 0.15) is 42.0 Å². The summed E-state index contributed by atoms with van der Waals surface area (Å²) >= 11 is 0. The van der Waals surface area contributed by atoms with Crippen LogP contribution >= 0.6 is 0 Å². The maximum Gasteiger partial charge on any atom is 0.191 e. The molecule has 3 rings (SSSR count). The number of benzene rings is 2. The summed E-state index contributed by atoms with van der Waals surface area (Å²) in [7, 11) is 3.37. The Morgan fingerprint density at radius 1 is 1.16 bits per heavy atom. The molecule has 1 heterocycles. The van der Waals surface area contributed by atoms with E-state index in [1.807, 2.05) is 18.2 Å². The molecule has 0 aliphatic carbocycles. The Bertz CT molecular complexity index is 917. The van der Waals surface area contributed by atoms with Crippen molar-refractivity contribution < 1.29 is 9.13 Å². The van der Waals surface area contributed by atoms with E-state index in [0.717, 1.165) is 18.8 Å². The van der Waals surface area contributed by atoms with E-state index in [1.54, 1.807) is 26.3 Å². The number of piperidine rings is 1. The fourth-order valence-electron chi connectivity index (χ4n) is 3.87. The molecule has 1 unspecified atom stereocenters. The number of hydrogen-bond donors (Lipinski definition) is 2. The summed E-state index contributed by atoms with van der Waals surface area (Å²) in [6.07, 6.45) is 3.69. The number of likely N-dealkylation sites (tertiary alicyclic amines) is 1. The highest BCUT2D eigenvalue weighted by Crippen LogP contribution is 2.25. The lowest BCUT2D eigenvalue weighted by molar-refractivity contribution is 0.164. The zero-order valence-electron chi connectivity index (χ0n) is 18.2. The molecule has 0 amide bonds. The Balaban J connectivity index is 1.65. The first-order valence-electron chi connectivity index (χ1n) is 10.7. The van der Waals surface area contributed by atoms with Crippen molar-refractivity contribution in [3.8, 4) is 11.8 Å². The highest BCUT2D eigenvalue weighted by atomic mass is 19.1. The smallest absolute Gasteiger partial charge is 0.191 e. The normalized spacial score (nSPS) is 15.7. The maximum absolute atomic E-state index is 14.2. The average molecular weight is 424 g/mol. The van der Waals surface area contributed by atoms with Crippen molar-refractivity contribution in [1.29, 1.82) is 5.26 Å². The van der Waals surface area contributed by atoms with Crippen molar-refractivity contribution in [2.24, 2.45) is 4.99 Å². The third-order valence-electron chi connectivity index (χ3n) is 5.65. The largest absolute Gasteiger partial charge is 0.497 e. The zero-order valence-corrected chi connectivity index (χ0v) is 18.2. The summed E-state index contributed by atoms with van der Waals surface area (Å²) in [6.45, 7) is 3.11. The fourth-order valence-corrected chi connectivity index (χ4v) is 3.87. The number of guanidine groups is 1. The molecule has 1 aliphatic heterocycles. The van der Waals surface area contributed by atoms with Crippen LogP contribution in [-0.2, 0) is 6.54 Å². The van der Waals surface area contributed by atoms with Gasteiger partial charge < -0.3 is 15.4 Å². The number of nitrogens with zero attached hydrogens (tertiary/aromatic N) is 3. The minimum absolute atomic E-state index is 0.205. The maximum atomic E-state index is 14.2. The number of nitrogens with one attached hydrogen (secondary N) is 2. The Kier molecular flexibility index (Phi) is 8.25. The van der Waals surface area contributed by atoms with Crippen LogP contribution < -0.4 is 15.4 Å². The molecule has 1 fully saturated rings. The highest BCUT2D eigenvalue weighted by molar-refractivity contribution is 5.79. The van der Waals surface area contributed by atoms with Gasteiger partial charge in [-0.2, -0.15) is 5.26 Å². The molecule has 164 valence electrons. The van der Waals surface area contributed by atoms with Crippen LogP contribution in [0.25, 0.3) is 0 Å². The monoisotopic (exact) mass is 423 g/mol. The Morgan fingerprint density at radius 2 is 1.90 bits per heavy atom. The predicted molar refractivity (Wildman–Crippen MR) is 120 cm³/mol. The molecule has 1 saturated heterocycles. The van der Waals surface area contributed by atoms with E-state index in [4.69, 9.17) is 10.00 Å². The quantitative estimate of drug-likeness (QED) is 0.526. The predicted octanol–water partition coefficient (Wildman–Crippen LogP) is 3.60. The molecule has 1 aliphatic rings. The van der Waals surface area contributed by atoms with Crippen molar-refractivity contribution in [2.75, 3.05) is 33.8 Å². The summed E-state index contributed by atoms with van der Waals surface area (Å²) in [5.74, 6) is 1.06. The summed E-state index contributed by atoms with van der Waals surface area (Å²) < 4.78 is 19.5. The molecule has 0 radical (unpaired) electrons. The Labute approximate surface area is 183 Å². The van der Waals surface area contributed by atoms with E-state index in [2.05, 4.69) is 32.7 Å². The second kappa shape index (κ2) is 11.3. The summed E-state index contributed by atoms with van der Waals surface area (Å²) in [4.78, 5) is 6.79. The molecule has 7 heteroatoms. The van der Waals surface area contributed by atoms with Gasteiger partial charge in [0.05, 0.1) is 24.8 Å². The molecule has 0 bridgehead atoms. The lowest BCUT2D eigenvalue weighted by atomic mass is 10.0. The van der Waals surface area contributed by atoms with Crippen LogP contribution in [0.3, 0.4) is 0 Å². The van der Waals surface area contributed by atoms with E-state index < -0.39 is 5.82 Å². The Hall–Kier alpha value is -3.11. The van der Waals surface area contributed by atoms with Crippen molar-refractivity contribution in [3.63, 3.8) is 0 Å². The average Bonchev–Trinajstić information content (AvgIpc) is 2.82. The van der Waals surface area contributed by atoms with Crippen LogP contribution in [0.5, 0.6) is 5.75 Å². The van der Waals surface area contributed by atoms with Crippen molar-refractivity contribution in [2.45, 2.75) is 31.8 Å². The number of halogens is 1. The summed E-state index contributed by atoms with van der Waals surface area (Å²) in [5.41, 5.74) is 2.03. The molecular weight excluding hydrogens is 393 g/mol. The topological polar surface area (TPSA) is 72.7 Å². The standard InChI is InChI=1S/C24H30FN5O/c1-27-24(28-16-20-7-6-18(15-26)14-22(20)25)29-17-23(30-12-4-3-5-13-30)19-8-10-21(31-2)11-9-19/h6-11,14,23H,3-5,12-13,16-17H2,1-2H3,(H2,27,28,29). The lowest BCUT2D eigenvalue weighted by Crippen LogP contribution is -2.44. The minimum atomic E-state index is -0.397. The number of methoxy groups -OCH3 is 1. The van der Waals surface area contributed by atoms with Crippen LogP contribution in [0.2, 0.25) is 0 Å². The molecule has 0 saturated carbocycles. The second-order valence-corrected chi connectivity index (χ2v) is 7.61. The van der Waals surface area contributed by atoms with Crippen LogP contribution in [0.4, 0.5) is 4.39 Å². The van der Waals surface area contributed by atoms with Gasteiger partial charge in [0.2, 0.25) is 0 Å². The Morgan fingerprint density at radius 3 is 2.52 bits per heavy atom. The number of rotatable bonds is 7. The number of aliphatic imine (C=N–C) groups is 1. The SMILES string of the molecule is CN=C(NCc1ccc(C#N)cc1F)NCC(c1ccc(OC)cc1)N1CCCCC1. The van der Waals surface area contributed by atoms with Crippen LogP contribution in [0.15, 0.2) is 47.5 Å². The van der Waals surface area contributed by atoms with E-state index in [1.165, 1.54) is 30.9 Å². The van der Waals surface area contributed by atoms with E-state index in [9.17, 15) is 4.39 Å². The minimum Gasteiger partial charge on any atom is -0.497 e. The first kappa shape index (κ1) is 22.6. The van der Waals surface area contributed by atoms with E-state index in [0.29, 0.717) is 23.6 Å².